The lowest BCUT2D eigenvalue weighted by molar-refractivity contribution is -0.140. The first kappa shape index (κ1) is 16.0. The Morgan fingerprint density at radius 1 is 1.58 bits per heavy atom. The molecule has 0 fully saturated rings. The van der Waals surface area contributed by atoms with Gasteiger partial charge in [-0.25, -0.2) is 4.98 Å². The average Bonchev–Trinajstić information content (AvgIpc) is 2.79. The number of methoxy groups -OCH3 is 1. The van der Waals surface area contributed by atoms with Crippen LogP contribution in [0.4, 0.5) is 0 Å². The third-order valence-electron chi connectivity index (χ3n) is 2.37. The molecule has 0 aromatic carbocycles. The fourth-order valence-electron chi connectivity index (χ4n) is 1.24. The number of carbonyl (C=O) groups is 1. The first-order valence-corrected chi connectivity index (χ1v) is 7.86. The molecule has 0 aliphatic rings. The predicted octanol–water partition coefficient (Wildman–Crippen LogP) is 0.281. The number of aromatic nitrogens is 1. The maximum Gasteiger partial charge on any atom is 0.306 e. The van der Waals surface area contributed by atoms with Gasteiger partial charge in [0.05, 0.1) is 30.8 Å². The Morgan fingerprint density at radius 3 is 2.79 bits per heavy atom. The lowest BCUT2D eigenvalue weighted by Gasteiger charge is -2.16. The van der Waals surface area contributed by atoms with E-state index in [1.807, 2.05) is 6.92 Å². The van der Waals surface area contributed by atoms with Gasteiger partial charge in [0.1, 0.15) is 0 Å². The lowest BCUT2D eigenvalue weighted by atomic mass is 10.4. The summed E-state index contributed by atoms with van der Waals surface area (Å²) >= 11 is 1.46. The van der Waals surface area contributed by atoms with Crippen LogP contribution in [0.2, 0.25) is 0 Å². The van der Waals surface area contributed by atoms with Gasteiger partial charge in [-0.3, -0.25) is 4.79 Å². The molecule has 1 aromatic rings. The molecule has 9 heteroatoms. The van der Waals surface area contributed by atoms with E-state index >= 15 is 0 Å². The van der Waals surface area contributed by atoms with Crippen LogP contribution in [0, 0.1) is 6.92 Å². The van der Waals surface area contributed by atoms with Gasteiger partial charge in [0.15, 0.2) is 0 Å². The minimum absolute atomic E-state index is 0.0176. The molecular formula is C10H17N3O4S2. The van der Waals surface area contributed by atoms with E-state index in [0.717, 1.165) is 9.31 Å². The first-order valence-electron chi connectivity index (χ1n) is 5.54. The molecule has 0 saturated carbocycles. The van der Waals surface area contributed by atoms with E-state index in [2.05, 4.69) is 14.4 Å². The monoisotopic (exact) mass is 307 g/mol. The van der Waals surface area contributed by atoms with Crippen LogP contribution in [0.3, 0.4) is 0 Å². The number of aryl methyl sites for hydroxylation is 1. The Hall–Kier alpha value is -1.03. The van der Waals surface area contributed by atoms with E-state index in [0.29, 0.717) is 5.69 Å². The van der Waals surface area contributed by atoms with Crippen LogP contribution in [0.5, 0.6) is 0 Å². The van der Waals surface area contributed by atoms with Crippen LogP contribution >= 0.6 is 11.3 Å². The molecular weight excluding hydrogens is 290 g/mol. The number of rotatable bonds is 7. The number of hydrogen-bond donors (Lipinski definition) is 1. The normalized spacial score (nSPS) is 11.8. The van der Waals surface area contributed by atoms with Gasteiger partial charge in [0.25, 0.3) is 10.2 Å². The molecule has 0 amide bonds. The molecule has 0 aliphatic heterocycles. The molecule has 1 N–H and O–H groups in total. The van der Waals surface area contributed by atoms with Gasteiger partial charge < -0.3 is 4.74 Å². The van der Waals surface area contributed by atoms with Crippen LogP contribution in [-0.2, 0) is 26.3 Å². The number of nitrogens with zero attached hydrogens (tertiary/aromatic N) is 2. The highest BCUT2D eigenvalue weighted by Crippen LogP contribution is 2.08. The SMILES string of the molecule is COC(=O)CCN(C)S(=O)(=O)NCc1csc(C)n1. The second-order valence-corrected chi connectivity index (χ2v) is 6.76. The van der Waals surface area contributed by atoms with Crippen molar-refractivity contribution < 1.29 is 17.9 Å². The smallest absolute Gasteiger partial charge is 0.306 e. The molecule has 1 aromatic heterocycles. The number of thiazole rings is 1. The quantitative estimate of drug-likeness (QED) is 0.731. The van der Waals surface area contributed by atoms with E-state index in [4.69, 9.17) is 0 Å². The van der Waals surface area contributed by atoms with Crippen LogP contribution in [0.1, 0.15) is 17.1 Å². The maximum absolute atomic E-state index is 11.8. The Labute approximate surface area is 116 Å². The van der Waals surface area contributed by atoms with E-state index in [1.165, 1.54) is 25.5 Å². The summed E-state index contributed by atoms with van der Waals surface area (Å²) in [5.74, 6) is -0.447. The van der Waals surface area contributed by atoms with Gasteiger partial charge in [-0.2, -0.15) is 17.4 Å². The van der Waals surface area contributed by atoms with Crippen molar-refractivity contribution in [1.29, 1.82) is 0 Å². The van der Waals surface area contributed by atoms with E-state index in [-0.39, 0.29) is 19.5 Å². The summed E-state index contributed by atoms with van der Waals surface area (Å²) in [7, 11) is -0.949. The lowest BCUT2D eigenvalue weighted by Crippen LogP contribution is -2.39. The molecule has 0 aliphatic carbocycles. The highest BCUT2D eigenvalue weighted by Gasteiger charge is 2.18. The van der Waals surface area contributed by atoms with E-state index < -0.39 is 16.2 Å². The van der Waals surface area contributed by atoms with Crippen LogP contribution in [-0.4, -0.2) is 44.4 Å². The fourth-order valence-corrected chi connectivity index (χ4v) is 2.73. The second kappa shape index (κ2) is 6.94. The van der Waals surface area contributed by atoms with Crippen LogP contribution in [0.15, 0.2) is 5.38 Å². The van der Waals surface area contributed by atoms with Crippen molar-refractivity contribution >= 4 is 27.5 Å². The van der Waals surface area contributed by atoms with Crippen molar-refractivity contribution in [2.24, 2.45) is 0 Å². The maximum atomic E-state index is 11.8. The summed E-state index contributed by atoms with van der Waals surface area (Å²) in [5, 5.41) is 2.68. The van der Waals surface area contributed by atoms with Gasteiger partial charge >= 0.3 is 5.97 Å². The molecule has 0 bridgehead atoms. The topological polar surface area (TPSA) is 88.6 Å². The van der Waals surface area contributed by atoms with Gasteiger partial charge in [0, 0.05) is 19.0 Å². The van der Waals surface area contributed by atoms with Gasteiger partial charge in [-0.1, -0.05) is 0 Å². The predicted molar refractivity (Wildman–Crippen MR) is 71.9 cm³/mol. The summed E-state index contributed by atoms with van der Waals surface area (Å²) in [5.41, 5.74) is 0.674. The second-order valence-electron chi connectivity index (χ2n) is 3.83. The molecule has 0 atom stereocenters. The van der Waals surface area contributed by atoms with E-state index in [1.54, 1.807) is 5.38 Å². The molecule has 1 rings (SSSR count). The van der Waals surface area contributed by atoms with Crippen molar-refractivity contribution in [2.45, 2.75) is 19.9 Å². The summed E-state index contributed by atoms with van der Waals surface area (Å²) in [6.07, 6.45) is 0.0176. The molecule has 1 heterocycles. The van der Waals surface area contributed by atoms with Gasteiger partial charge in [0.2, 0.25) is 0 Å². The average molecular weight is 307 g/mol. The van der Waals surface area contributed by atoms with Crippen molar-refractivity contribution in [3.63, 3.8) is 0 Å². The Bertz CT molecular complexity index is 527. The highest BCUT2D eigenvalue weighted by atomic mass is 32.2. The van der Waals surface area contributed by atoms with Crippen LogP contribution in [0.25, 0.3) is 0 Å². The number of nitrogens with one attached hydrogen (secondary N) is 1. The summed E-state index contributed by atoms with van der Waals surface area (Å²) in [6.45, 7) is 2.05. The minimum Gasteiger partial charge on any atom is -0.469 e. The molecule has 0 spiro atoms. The molecule has 0 radical (unpaired) electrons. The standard InChI is InChI=1S/C10H17N3O4S2/c1-8-12-9(7-18-8)6-11-19(15,16)13(2)5-4-10(14)17-3/h7,11H,4-6H2,1-3H3. The minimum atomic E-state index is -3.61. The first-order chi connectivity index (χ1) is 8.85. The summed E-state index contributed by atoms with van der Waals surface area (Å²) in [4.78, 5) is 15.1. The molecule has 19 heavy (non-hydrogen) atoms. The van der Waals surface area contributed by atoms with Gasteiger partial charge in [-0.05, 0) is 6.92 Å². The zero-order valence-electron chi connectivity index (χ0n) is 11.0. The Balaban J connectivity index is 2.48. The molecule has 0 unspecified atom stereocenters. The molecule has 7 nitrogen and oxygen atoms in total. The fraction of sp³-hybridized carbons (Fsp3) is 0.600. The number of esters is 1. The van der Waals surface area contributed by atoms with Crippen molar-refractivity contribution in [3.05, 3.63) is 16.1 Å². The number of hydrogen-bond acceptors (Lipinski definition) is 6. The Kier molecular flexibility index (Phi) is 5.85. The van der Waals surface area contributed by atoms with Crippen LogP contribution < -0.4 is 4.72 Å². The summed E-state index contributed by atoms with van der Waals surface area (Å²) in [6, 6.07) is 0. The van der Waals surface area contributed by atoms with E-state index in [9.17, 15) is 13.2 Å². The largest absolute Gasteiger partial charge is 0.469 e. The third kappa shape index (κ3) is 5.23. The zero-order chi connectivity index (χ0) is 14.5. The van der Waals surface area contributed by atoms with Gasteiger partial charge in [-0.15, -0.1) is 11.3 Å². The van der Waals surface area contributed by atoms with Crippen molar-refractivity contribution in [1.82, 2.24) is 14.0 Å². The zero-order valence-corrected chi connectivity index (χ0v) is 12.7. The summed E-state index contributed by atoms with van der Waals surface area (Å²) < 4.78 is 31.6. The van der Waals surface area contributed by atoms with Crippen molar-refractivity contribution in [2.75, 3.05) is 20.7 Å². The number of carbonyl (C=O) groups excluding carboxylic acids is 1. The number of ether oxygens (including phenoxy) is 1. The van der Waals surface area contributed by atoms with Crippen molar-refractivity contribution in [3.8, 4) is 0 Å². The third-order valence-corrected chi connectivity index (χ3v) is 4.71. The highest BCUT2D eigenvalue weighted by molar-refractivity contribution is 7.87. The molecule has 108 valence electrons. The Morgan fingerprint density at radius 2 is 2.26 bits per heavy atom. The molecule has 0 saturated heterocycles.